The fourth-order valence-electron chi connectivity index (χ4n) is 10.5. The smallest absolute Gasteiger partial charge is 0.399 e. The number of nitrogens with zero attached hydrogens (tertiary/aromatic N) is 14. The maximum atomic E-state index is 13.6. The van der Waals surface area contributed by atoms with Crippen LogP contribution >= 0.6 is 15.9 Å². The summed E-state index contributed by atoms with van der Waals surface area (Å²) in [4.78, 5) is 62.1. The SMILES string of the molecule is CCn1cc(-c2ccnc(NC(=O)N3c4nc(-c5ccnc(C)c5)ccc4N4CC[C@H]3C4)c2)cn1.CCn1cc(B2OC(C)(C)C(C)(C)O2)cn1.Cc1cc(-c2ccc3c(n2)N(C(=O)Nc2cc(Br)ccn2)[C@H]2CCN3C2)ccn1. The predicted octanol–water partition coefficient (Wildman–Crippen LogP) is 9.80. The van der Waals surface area contributed by atoms with Crippen LogP contribution in [0.4, 0.5) is 44.2 Å². The highest BCUT2D eigenvalue weighted by Gasteiger charge is 2.52. The Morgan fingerprint density at radius 3 is 1.60 bits per heavy atom. The van der Waals surface area contributed by atoms with Crippen molar-refractivity contribution in [1.82, 2.24) is 49.5 Å². The molecule has 8 aromatic rings. The molecule has 4 bridgehead atoms. The molecule has 80 heavy (non-hydrogen) atoms. The minimum atomic E-state index is -0.301. The minimum Gasteiger partial charge on any atom is -0.399 e. The number of carbonyl (C=O) groups is 2. The zero-order chi connectivity index (χ0) is 55.9. The van der Waals surface area contributed by atoms with Crippen molar-refractivity contribution in [1.29, 1.82) is 0 Å². The lowest BCUT2D eigenvalue weighted by Gasteiger charge is -2.35. The molecule has 13 heterocycles. The summed E-state index contributed by atoms with van der Waals surface area (Å²) in [7, 11) is -0.301. The third-order valence-electron chi connectivity index (χ3n) is 15.5. The predicted molar refractivity (Wildman–Crippen MR) is 315 cm³/mol. The largest absolute Gasteiger partial charge is 0.498 e. The van der Waals surface area contributed by atoms with Crippen LogP contribution in [-0.2, 0) is 22.4 Å². The maximum absolute atomic E-state index is 13.6. The van der Waals surface area contributed by atoms with Crippen molar-refractivity contribution >= 4 is 75.2 Å². The Bertz CT molecular complexity index is 3580. The van der Waals surface area contributed by atoms with Crippen molar-refractivity contribution in [2.75, 3.05) is 56.4 Å². The number of amides is 4. The molecule has 2 atom stereocenters. The maximum Gasteiger partial charge on any atom is 0.498 e. The quantitative estimate of drug-likeness (QED) is 0.136. The summed E-state index contributed by atoms with van der Waals surface area (Å²) in [5.41, 5.74) is 9.81. The number of carbonyl (C=O) groups excluding carboxylic acids is 2. The molecule has 0 saturated carbocycles. The molecule has 0 radical (unpaired) electrons. The average Bonchev–Trinajstić information content (AvgIpc) is 4.34. The van der Waals surface area contributed by atoms with Crippen LogP contribution in [-0.4, -0.2) is 118 Å². The van der Waals surface area contributed by atoms with E-state index in [0.717, 1.165) is 118 Å². The lowest BCUT2D eigenvalue weighted by atomic mass is 9.82. The summed E-state index contributed by atoms with van der Waals surface area (Å²) in [6.07, 6.45) is 16.3. The van der Waals surface area contributed by atoms with Crippen LogP contribution in [0.1, 0.15) is 65.8 Å². The highest BCUT2D eigenvalue weighted by Crippen LogP contribution is 2.42. The third kappa shape index (κ3) is 11.1. The van der Waals surface area contributed by atoms with Crippen LogP contribution in [0.15, 0.2) is 127 Å². The number of pyridine rings is 6. The van der Waals surface area contributed by atoms with Gasteiger partial charge < -0.3 is 19.1 Å². The van der Waals surface area contributed by atoms with E-state index in [0.29, 0.717) is 23.3 Å². The number of halogens is 1. The van der Waals surface area contributed by atoms with Crippen LogP contribution < -0.4 is 35.7 Å². The average molecular weight is 1140 g/mol. The number of fused-ring (bicyclic) bond motifs is 8. The molecule has 0 unspecified atom stereocenters. The first kappa shape index (κ1) is 53.9. The zero-order valence-electron chi connectivity index (χ0n) is 46.2. The molecule has 5 aliphatic heterocycles. The highest BCUT2D eigenvalue weighted by molar-refractivity contribution is 9.10. The summed E-state index contributed by atoms with van der Waals surface area (Å²) in [6.45, 7) is 21.4. The lowest BCUT2D eigenvalue weighted by molar-refractivity contribution is 0.00578. The van der Waals surface area contributed by atoms with Gasteiger partial charge in [-0.25, -0.2) is 29.5 Å². The van der Waals surface area contributed by atoms with Crippen LogP contribution in [0.2, 0.25) is 0 Å². The molecule has 3 fully saturated rings. The molecular formula is C58H64BBrN16O4. The van der Waals surface area contributed by atoms with E-state index in [1.165, 1.54) is 0 Å². The summed E-state index contributed by atoms with van der Waals surface area (Å²) in [5.74, 6) is 2.38. The van der Waals surface area contributed by atoms with E-state index in [9.17, 15) is 9.59 Å². The van der Waals surface area contributed by atoms with Crippen molar-refractivity contribution in [3.05, 3.63) is 138 Å². The number of hydrogen-bond donors (Lipinski definition) is 2. The zero-order valence-corrected chi connectivity index (χ0v) is 47.8. The third-order valence-corrected chi connectivity index (χ3v) is 16.0. The Kier molecular flexibility index (Phi) is 15.0. The number of urea groups is 2. The molecule has 8 aromatic heterocycles. The number of nitrogens with one attached hydrogen (secondary N) is 2. The number of aromatic nitrogens is 10. The standard InChI is InChI=1S/C26H26N8O.C21H19BrN6O.C11H19BN2O2/c1-3-33-15-20(14-29-33)18-6-10-28-24(13-18)31-26(35)34-21-8-11-32(16-21)23-5-4-22(30-25(23)34)19-7-9-27-17(2)12-19;1-13-10-14(4-7-23-13)17-2-3-18-20(25-17)28(16-6-9-27(18)12-16)21(29)26-19-11-15(22)5-8-24-19;1-6-14-8-9(7-13-14)12-15-10(2,3)11(4,5)16-12/h4-7,9-10,12-15,21H,3,8,11,16H2,1-2H3,(H,28,31,35);2-5,7-8,10-11,16H,6,9,12H2,1H3,(H,24,26,29);7-8H,6H2,1-5H3/t21-;16-;/m00./s1. The van der Waals surface area contributed by atoms with Gasteiger partial charge in [0.15, 0.2) is 11.6 Å². The molecule has 4 amide bonds. The number of hydrogen-bond acceptors (Lipinski definition) is 14. The van der Waals surface area contributed by atoms with Gasteiger partial charge in [-0.2, -0.15) is 10.2 Å². The van der Waals surface area contributed by atoms with Crippen LogP contribution in [0.5, 0.6) is 0 Å². The highest BCUT2D eigenvalue weighted by atomic mass is 79.9. The molecule has 20 nitrogen and oxygen atoms in total. The van der Waals surface area contributed by atoms with Gasteiger partial charge in [-0.3, -0.25) is 39.8 Å². The van der Waals surface area contributed by atoms with E-state index < -0.39 is 0 Å². The molecule has 410 valence electrons. The van der Waals surface area contributed by atoms with Gasteiger partial charge in [0, 0.05) is 121 Å². The second-order valence-electron chi connectivity index (χ2n) is 21.4. The molecule has 5 aliphatic rings. The molecule has 2 N–H and O–H groups in total. The van der Waals surface area contributed by atoms with Gasteiger partial charge in [0.05, 0.1) is 52.2 Å². The van der Waals surface area contributed by atoms with Gasteiger partial charge in [-0.15, -0.1) is 0 Å². The lowest BCUT2D eigenvalue weighted by Crippen LogP contribution is -2.48. The van der Waals surface area contributed by atoms with Gasteiger partial charge >= 0.3 is 19.2 Å². The molecule has 22 heteroatoms. The summed E-state index contributed by atoms with van der Waals surface area (Å²) in [5, 5.41) is 14.5. The topological polar surface area (TPSA) is 203 Å². The normalized spacial score (nSPS) is 17.9. The Balaban J connectivity index is 0.000000135. The van der Waals surface area contributed by atoms with E-state index in [-0.39, 0.29) is 42.5 Å². The van der Waals surface area contributed by atoms with Crippen molar-refractivity contribution in [3.8, 4) is 33.6 Å². The first-order chi connectivity index (χ1) is 38.5. The number of aryl methyl sites for hydroxylation is 4. The number of rotatable bonds is 8. The summed E-state index contributed by atoms with van der Waals surface area (Å²) >= 11 is 3.42. The minimum absolute atomic E-state index is 0.0652. The van der Waals surface area contributed by atoms with E-state index in [1.807, 2.05) is 110 Å². The Morgan fingerprint density at radius 1 is 0.613 bits per heavy atom. The molecule has 0 aromatic carbocycles. The molecule has 13 rings (SSSR count). The summed E-state index contributed by atoms with van der Waals surface area (Å²) < 4.78 is 16.5. The van der Waals surface area contributed by atoms with E-state index in [2.05, 4.69) is 113 Å². The molecule has 0 aliphatic carbocycles. The first-order valence-electron chi connectivity index (χ1n) is 27.1. The second-order valence-corrected chi connectivity index (χ2v) is 22.3. The Morgan fingerprint density at radius 2 is 1.10 bits per heavy atom. The Labute approximate surface area is 474 Å². The van der Waals surface area contributed by atoms with Gasteiger partial charge in [0.25, 0.3) is 0 Å². The summed E-state index contributed by atoms with van der Waals surface area (Å²) in [6, 6.07) is 23.2. The van der Waals surface area contributed by atoms with Crippen molar-refractivity contribution in [2.45, 2.75) is 105 Å². The monoisotopic (exact) mass is 1140 g/mol. The molecule has 0 spiro atoms. The number of anilines is 6. The van der Waals surface area contributed by atoms with Crippen molar-refractivity contribution < 1.29 is 18.9 Å². The fourth-order valence-corrected chi connectivity index (χ4v) is 10.8. The van der Waals surface area contributed by atoms with Gasteiger partial charge in [-0.05, 0) is 147 Å². The Hall–Kier alpha value is -8.08. The second kappa shape index (κ2) is 22.2. The fraction of sp³-hybridized carbons (Fsp3) is 0.345. The molecule has 3 saturated heterocycles. The van der Waals surface area contributed by atoms with Crippen LogP contribution in [0.25, 0.3) is 33.6 Å². The van der Waals surface area contributed by atoms with Crippen LogP contribution in [0.3, 0.4) is 0 Å². The van der Waals surface area contributed by atoms with Crippen molar-refractivity contribution in [3.63, 3.8) is 0 Å². The molecular weight excluding hydrogens is 1080 g/mol. The van der Waals surface area contributed by atoms with E-state index in [4.69, 9.17) is 19.3 Å². The van der Waals surface area contributed by atoms with Gasteiger partial charge in [0.1, 0.15) is 11.6 Å². The van der Waals surface area contributed by atoms with Gasteiger partial charge in [0.2, 0.25) is 0 Å². The van der Waals surface area contributed by atoms with Crippen LogP contribution in [0, 0.1) is 13.8 Å². The van der Waals surface area contributed by atoms with E-state index >= 15 is 0 Å². The van der Waals surface area contributed by atoms with Crippen molar-refractivity contribution in [2.24, 2.45) is 0 Å². The van der Waals surface area contributed by atoms with Gasteiger partial charge in [-0.1, -0.05) is 15.9 Å². The van der Waals surface area contributed by atoms with E-state index in [1.54, 1.807) is 40.7 Å². The first-order valence-corrected chi connectivity index (χ1v) is 27.9.